The molecule has 0 atom stereocenters. The Balaban J connectivity index is 2.71. The fourth-order valence-electron chi connectivity index (χ4n) is 1.54. The van der Waals surface area contributed by atoms with Crippen LogP contribution in [0.4, 0.5) is 10.5 Å². The lowest BCUT2D eigenvalue weighted by atomic mass is 10.1. The van der Waals surface area contributed by atoms with Crippen LogP contribution in [0.15, 0.2) is 18.2 Å². The van der Waals surface area contributed by atoms with Crippen LogP contribution < -0.4 is 11.1 Å². The lowest BCUT2D eigenvalue weighted by Gasteiger charge is -2.19. The molecule has 6 nitrogen and oxygen atoms in total. The number of benzene rings is 1. The highest BCUT2D eigenvalue weighted by Crippen LogP contribution is 2.13. The van der Waals surface area contributed by atoms with Gasteiger partial charge in [0.05, 0.1) is 12.7 Å². The second kappa shape index (κ2) is 6.27. The van der Waals surface area contributed by atoms with Gasteiger partial charge in [-0.05, 0) is 44.5 Å². The number of amides is 1. The normalized spacial score (nSPS) is 10.8. The average Bonchev–Trinajstić information content (AvgIpc) is 2.32. The number of rotatable bonds is 3. The third-order valence-corrected chi connectivity index (χ3v) is 2.27. The zero-order chi connectivity index (χ0) is 15.3. The summed E-state index contributed by atoms with van der Waals surface area (Å²) in [5, 5.41) is 2.60. The number of carbonyl (C=O) groups excluding carboxylic acids is 2. The highest BCUT2D eigenvalue weighted by molar-refractivity contribution is 5.90. The highest BCUT2D eigenvalue weighted by atomic mass is 16.6. The van der Waals surface area contributed by atoms with Gasteiger partial charge in [-0.15, -0.1) is 0 Å². The summed E-state index contributed by atoms with van der Waals surface area (Å²) in [6.07, 6.45) is -0.528. The second-order valence-corrected chi connectivity index (χ2v) is 5.31. The Labute approximate surface area is 118 Å². The van der Waals surface area contributed by atoms with Gasteiger partial charge in [0.15, 0.2) is 0 Å². The fourth-order valence-corrected chi connectivity index (χ4v) is 1.54. The van der Waals surface area contributed by atoms with E-state index < -0.39 is 17.7 Å². The van der Waals surface area contributed by atoms with Gasteiger partial charge in [-0.25, -0.2) is 9.59 Å². The molecule has 1 amide bonds. The van der Waals surface area contributed by atoms with Crippen molar-refractivity contribution in [3.05, 3.63) is 29.3 Å². The lowest BCUT2D eigenvalue weighted by Crippen LogP contribution is -2.32. The number of methoxy groups -OCH3 is 1. The molecule has 0 aliphatic rings. The van der Waals surface area contributed by atoms with Crippen molar-refractivity contribution >= 4 is 17.7 Å². The van der Waals surface area contributed by atoms with Crippen LogP contribution in [0.5, 0.6) is 0 Å². The molecule has 0 saturated carbocycles. The van der Waals surface area contributed by atoms with Crippen LogP contribution in [0.1, 0.15) is 36.7 Å². The van der Waals surface area contributed by atoms with Crippen molar-refractivity contribution in [3.8, 4) is 0 Å². The van der Waals surface area contributed by atoms with Gasteiger partial charge in [0.2, 0.25) is 0 Å². The molecule has 1 aromatic rings. The van der Waals surface area contributed by atoms with E-state index in [-0.39, 0.29) is 6.54 Å². The Morgan fingerprint density at radius 2 is 1.90 bits per heavy atom. The van der Waals surface area contributed by atoms with Crippen molar-refractivity contribution < 1.29 is 19.1 Å². The number of nitrogens with one attached hydrogen (secondary N) is 1. The smallest absolute Gasteiger partial charge is 0.407 e. The molecule has 0 unspecified atom stereocenters. The standard InChI is InChI=1S/C14H20N2O4/c1-14(2,3)20-13(18)16-8-9-5-10(12(17)19-4)7-11(15)6-9/h5-7H,8,15H2,1-4H3,(H,16,18). The fraction of sp³-hybridized carbons (Fsp3) is 0.429. The number of hydrogen-bond acceptors (Lipinski definition) is 5. The molecule has 0 radical (unpaired) electrons. The van der Waals surface area contributed by atoms with Gasteiger partial charge in [0.25, 0.3) is 0 Å². The first-order valence-electron chi connectivity index (χ1n) is 6.16. The van der Waals surface area contributed by atoms with Gasteiger partial charge < -0.3 is 20.5 Å². The molecule has 0 heterocycles. The molecule has 0 aliphatic carbocycles. The van der Waals surface area contributed by atoms with Gasteiger partial charge in [0.1, 0.15) is 5.60 Å². The van der Waals surface area contributed by atoms with E-state index in [0.717, 1.165) is 0 Å². The second-order valence-electron chi connectivity index (χ2n) is 5.31. The molecule has 0 aliphatic heterocycles. The highest BCUT2D eigenvalue weighted by Gasteiger charge is 2.16. The summed E-state index contributed by atoms with van der Waals surface area (Å²) in [7, 11) is 1.30. The molecule has 0 bridgehead atoms. The predicted molar refractivity (Wildman–Crippen MR) is 75.3 cm³/mol. The lowest BCUT2D eigenvalue weighted by molar-refractivity contribution is 0.0523. The minimum absolute atomic E-state index is 0.212. The first-order valence-corrected chi connectivity index (χ1v) is 6.16. The molecule has 0 fully saturated rings. The van der Waals surface area contributed by atoms with Gasteiger partial charge in [-0.3, -0.25) is 0 Å². The zero-order valence-corrected chi connectivity index (χ0v) is 12.1. The molecule has 3 N–H and O–H groups in total. The summed E-state index contributed by atoms with van der Waals surface area (Å²) in [4.78, 5) is 23.0. The summed E-state index contributed by atoms with van der Waals surface area (Å²) in [5.41, 5.74) is 6.61. The zero-order valence-electron chi connectivity index (χ0n) is 12.1. The summed E-state index contributed by atoms with van der Waals surface area (Å²) >= 11 is 0. The molecule has 110 valence electrons. The molecule has 1 aromatic carbocycles. The summed E-state index contributed by atoms with van der Waals surface area (Å²) in [6.45, 7) is 5.55. The topological polar surface area (TPSA) is 90.6 Å². The molecular formula is C14H20N2O4. The molecule has 20 heavy (non-hydrogen) atoms. The number of alkyl carbamates (subject to hydrolysis) is 1. The maximum atomic E-state index is 11.5. The van der Waals surface area contributed by atoms with Crippen LogP contribution in [-0.4, -0.2) is 24.8 Å². The van der Waals surface area contributed by atoms with E-state index in [4.69, 9.17) is 10.5 Å². The van der Waals surface area contributed by atoms with Crippen LogP contribution >= 0.6 is 0 Å². The Morgan fingerprint density at radius 1 is 1.25 bits per heavy atom. The van der Waals surface area contributed by atoms with Crippen LogP contribution in [0.2, 0.25) is 0 Å². The van der Waals surface area contributed by atoms with E-state index in [1.807, 2.05) is 0 Å². The van der Waals surface area contributed by atoms with Crippen LogP contribution in [0.3, 0.4) is 0 Å². The molecule has 6 heteroatoms. The first-order chi connectivity index (χ1) is 9.21. The Bertz CT molecular complexity index is 506. The minimum Gasteiger partial charge on any atom is -0.465 e. The number of esters is 1. The molecule has 1 rings (SSSR count). The maximum Gasteiger partial charge on any atom is 0.407 e. The van der Waals surface area contributed by atoms with Gasteiger partial charge in [0, 0.05) is 12.2 Å². The molecule has 0 spiro atoms. The van der Waals surface area contributed by atoms with Crippen molar-refractivity contribution in [1.82, 2.24) is 5.32 Å². The Hall–Kier alpha value is -2.24. The van der Waals surface area contributed by atoms with Gasteiger partial charge in [-0.2, -0.15) is 0 Å². The average molecular weight is 280 g/mol. The SMILES string of the molecule is COC(=O)c1cc(N)cc(CNC(=O)OC(C)(C)C)c1. The van der Waals surface area contributed by atoms with E-state index in [0.29, 0.717) is 16.8 Å². The minimum atomic E-state index is -0.559. The molecule has 0 aromatic heterocycles. The van der Waals surface area contributed by atoms with E-state index in [9.17, 15) is 9.59 Å². The number of anilines is 1. The predicted octanol–water partition coefficient (Wildman–Crippen LogP) is 2.08. The number of nitrogen functional groups attached to an aromatic ring is 1. The number of ether oxygens (including phenoxy) is 2. The number of nitrogens with two attached hydrogens (primary N) is 1. The third kappa shape index (κ3) is 5.17. The maximum absolute atomic E-state index is 11.5. The summed E-state index contributed by atoms with van der Waals surface area (Å²) < 4.78 is 9.75. The van der Waals surface area contributed by atoms with Crippen molar-refractivity contribution in [3.63, 3.8) is 0 Å². The van der Waals surface area contributed by atoms with Gasteiger partial charge >= 0.3 is 12.1 Å². The van der Waals surface area contributed by atoms with Crippen LogP contribution in [-0.2, 0) is 16.0 Å². The summed E-state index contributed by atoms with van der Waals surface area (Å²) in [5.74, 6) is -0.476. The first kappa shape index (κ1) is 15.8. The van der Waals surface area contributed by atoms with E-state index in [2.05, 4.69) is 10.1 Å². The quantitative estimate of drug-likeness (QED) is 0.653. The van der Waals surface area contributed by atoms with Crippen molar-refractivity contribution in [2.24, 2.45) is 0 Å². The van der Waals surface area contributed by atoms with Crippen LogP contribution in [0.25, 0.3) is 0 Å². The van der Waals surface area contributed by atoms with Crippen molar-refractivity contribution in [2.45, 2.75) is 32.9 Å². The van der Waals surface area contributed by atoms with Gasteiger partial charge in [-0.1, -0.05) is 0 Å². The van der Waals surface area contributed by atoms with E-state index >= 15 is 0 Å². The van der Waals surface area contributed by atoms with E-state index in [1.54, 1.807) is 32.9 Å². The largest absolute Gasteiger partial charge is 0.465 e. The monoisotopic (exact) mass is 280 g/mol. The Morgan fingerprint density at radius 3 is 2.45 bits per heavy atom. The van der Waals surface area contributed by atoms with Crippen molar-refractivity contribution in [1.29, 1.82) is 0 Å². The third-order valence-electron chi connectivity index (χ3n) is 2.27. The summed E-state index contributed by atoms with van der Waals surface area (Å²) in [6, 6.07) is 4.80. The van der Waals surface area contributed by atoms with Crippen molar-refractivity contribution in [2.75, 3.05) is 12.8 Å². The van der Waals surface area contributed by atoms with E-state index in [1.165, 1.54) is 13.2 Å². The Kier molecular flexibility index (Phi) is 4.96. The number of carbonyl (C=O) groups is 2. The molecule has 0 saturated heterocycles. The molecular weight excluding hydrogens is 260 g/mol. The number of hydrogen-bond donors (Lipinski definition) is 2. The van der Waals surface area contributed by atoms with Crippen LogP contribution in [0, 0.1) is 0 Å².